The van der Waals surface area contributed by atoms with Crippen molar-refractivity contribution in [3.8, 4) is 5.75 Å². The molecule has 0 spiro atoms. The number of para-hydroxylation sites is 1. The van der Waals surface area contributed by atoms with Crippen molar-refractivity contribution >= 4 is 13.0 Å². The van der Waals surface area contributed by atoms with Crippen molar-refractivity contribution in [3.63, 3.8) is 0 Å². The Hall–Kier alpha value is -3.16. The molecule has 7 heteroatoms. The highest BCUT2D eigenvalue weighted by Gasteiger charge is 2.27. The van der Waals surface area contributed by atoms with Gasteiger partial charge in [-0.25, -0.2) is 4.57 Å². The Kier molecular flexibility index (Phi) is 6.64. The van der Waals surface area contributed by atoms with Crippen LogP contribution in [0.2, 0.25) is 0 Å². The summed E-state index contributed by atoms with van der Waals surface area (Å²) in [5.74, 6) is -1.26. The van der Waals surface area contributed by atoms with E-state index in [4.69, 9.17) is 0 Å². The molecule has 0 bridgehead atoms. The Morgan fingerprint density at radius 1 is 1.03 bits per heavy atom. The zero-order valence-electron chi connectivity index (χ0n) is 16.2. The number of aromatic nitrogens is 1. The Bertz CT molecular complexity index is 962. The van der Waals surface area contributed by atoms with Gasteiger partial charge in [0.25, 0.3) is 5.91 Å². The molecule has 4 N–H and O–H groups in total. The highest BCUT2D eigenvalue weighted by Crippen LogP contribution is 2.23. The van der Waals surface area contributed by atoms with Gasteiger partial charge >= 0.3 is 7.12 Å². The zero-order valence-corrected chi connectivity index (χ0v) is 16.2. The highest BCUT2D eigenvalue weighted by atomic mass is 16.4. The first kappa shape index (κ1) is 20.6. The summed E-state index contributed by atoms with van der Waals surface area (Å²) in [6, 6.07) is 18.2. The smallest absolute Gasteiger partial charge is 0.475 e. The number of aromatic hydroxyl groups is 1. The molecule has 0 aliphatic rings. The van der Waals surface area contributed by atoms with Crippen LogP contribution < -0.4 is 9.88 Å². The molecule has 0 aliphatic heterocycles. The van der Waals surface area contributed by atoms with Crippen LogP contribution >= 0.6 is 0 Å². The van der Waals surface area contributed by atoms with E-state index in [1.165, 1.54) is 0 Å². The van der Waals surface area contributed by atoms with Crippen molar-refractivity contribution in [2.45, 2.75) is 25.8 Å². The number of rotatable bonds is 7. The Morgan fingerprint density at radius 2 is 1.72 bits per heavy atom. The molecule has 1 atom stereocenters. The quantitative estimate of drug-likeness (QED) is 0.362. The molecule has 29 heavy (non-hydrogen) atoms. The molecule has 6 nitrogen and oxygen atoms in total. The molecule has 1 amide bonds. The number of aryl methyl sites for hydroxylation is 1. The van der Waals surface area contributed by atoms with Gasteiger partial charge in [-0.1, -0.05) is 36.4 Å². The molecule has 0 radical (unpaired) electrons. The van der Waals surface area contributed by atoms with E-state index in [1.54, 1.807) is 37.3 Å². The van der Waals surface area contributed by atoms with E-state index in [0.717, 1.165) is 5.56 Å². The maximum atomic E-state index is 12.6. The number of hydrogen-bond donors (Lipinski definition) is 4. The lowest BCUT2D eigenvalue weighted by atomic mass is 9.75. The third-order valence-corrected chi connectivity index (χ3v) is 4.80. The number of carbonyl (C=O) groups excluding carboxylic acids is 1. The molecule has 1 aromatic heterocycles. The number of phenolic OH excluding ortho intramolecular Hbond substituents is 1. The van der Waals surface area contributed by atoms with Crippen molar-refractivity contribution in [1.29, 1.82) is 0 Å². The number of nitrogens with zero attached hydrogens (tertiary/aromatic N) is 1. The predicted molar refractivity (Wildman–Crippen MR) is 110 cm³/mol. The monoisotopic (exact) mass is 391 g/mol. The zero-order chi connectivity index (χ0) is 20.8. The molecular weight excluding hydrogens is 367 g/mol. The minimum Gasteiger partial charge on any atom is -0.507 e. The van der Waals surface area contributed by atoms with E-state index >= 15 is 0 Å². The van der Waals surface area contributed by atoms with Crippen molar-refractivity contribution in [3.05, 3.63) is 95.3 Å². The summed E-state index contributed by atoms with van der Waals surface area (Å²) in [6.07, 6.45) is 4.03. The Balaban J connectivity index is 1.67. The fourth-order valence-corrected chi connectivity index (χ4v) is 3.12. The number of hydrogen-bond acceptors (Lipinski definition) is 4. The molecule has 0 saturated carbocycles. The number of carbonyl (C=O) groups is 1. The lowest BCUT2D eigenvalue weighted by Crippen LogP contribution is -2.47. The van der Waals surface area contributed by atoms with Gasteiger partial charge in [-0.3, -0.25) is 4.79 Å². The average Bonchev–Trinajstić information content (AvgIpc) is 2.72. The molecule has 3 rings (SSSR count). The van der Waals surface area contributed by atoms with Gasteiger partial charge in [0.1, 0.15) is 5.75 Å². The van der Waals surface area contributed by atoms with Crippen LogP contribution in [0.4, 0.5) is 0 Å². The van der Waals surface area contributed by atoms with Crippen molar-refractivity contribution in [2.75, 3.05) is 0 Å². The molecular formula is C22H24BN2O4+. The van der Waals surface area contributed by atoms with Gasteiger partial charge in [-0.05, 0) is 36.6 Å². The van der Waals surface area contributed by atoms with Crippen LogP contribution in [0.5, 0.6) is 5.75 Å². The van der Waals surface area contributed by atoms with Crippen LogP contribution in [0.25, 0.3) is 0 Å². The number of nitrogens with one attached hydrogen (secondary N) is 1. The molecule has 0 saturated heterocycles. The van der Waals surface area contributed by atoms with Crippen LogP contribution in [0.1, 0.15) is 27.0 Å². The van der Waals surface area contributed by atoms with Gasteiger partial charge < -0.3 is 20.5 Å². The fourth-order valence-electron chi connectivity index (χ4n) is 3.12. The highest BCUT2D eigenvalue weighted by molar-refractivity contribution is 6.43. The first-order chi connectivity index (χ1) is 13.9. The number of pyridine rings is 1. The topological polar surface area (TPSA) is 93.7 Å². The Labute approximate surface area is 170 Å². The summed E-state index contributed by atoms with van der Waals surface area (Å²) < 4.78 is 2.03. The van der Waals surface area contributed by atoms with Crippen LogP contribution in [-0.4, -0.2) is 34.1 Å². The summed E-state index contributed by atoms with van der Waals surface area (Å²) in [5.41, 5.74) is 2.69. The van der Waals surface area contributed by atoms with Crippen molar-refractivity contribution < 1.29 is 24.5 Å². The SMILES string of the molecule is Cc1cccc(CC(NC(=O)c2ccc(C[n+]3ccccc3)cc2)B(O)O)c1O. The number of phenols is 1. The van der Waals surface area contributed by atoms with E-state index in [2.05, 4.69) is 5.32 Å². The van der Waals surface area contributed by atoms with E-state index in [1.807, 2.05) is 47.3 Å². The summed E-state index contributed by atoms with van der Waals surface area (Å²) in [5, 5.41) is 32.2. The Morgan fingerprint density at radius 3 is 2.38 bits per heavy atom. The van der Waals surface area contributed by atoms with Crippen molar-refractivity contribution in [2.24, 2.45) is 0 Å². The first-order valence-corrected chi connectivity index (χ1v) is 9.41. The van der Waals surface area contributed by atoms with Crippen LogP contribution in [0.3, 0.4) is 0 Å². The molecule has 3 aromatic rings. The first-order valence-electron chi connectivity index (χ1n) is 9.41. The maximum Gasteiger partial charge on any atom is 0.475 e. The van der Waals surface area contributed by atoms with Gasteiger partial charge in [-0.2, -0.15) is 0 Å². The second kappa shape index (κ2) is 9.36. The van der Waals surface area contributed by atoms with E-state index < -0.39 is 19.0 Å². The third kappa shape index (κ3) is 5.43. The minimum absolute atomic E-state index is 0.0927. The fraction of sp³-hybridized carbons (Fsp3) is 0.182. The van der Waals surface area contributed by atoms with Gasteiger partial charge in [0.2, 0.25) is 0 Å². The molecule has 1 heterocycles. The molecule has 148 valence electrons. The largest absolute Gasteiger partial charge is 0.507 e. The molecule has 1 unspecified atom stereocenters. The van der Waals surface area contributed by atoms with Crippen LogP contribution in [0.15, 0.2) is 73.1 Å². The number of benzene rings is 2. The summed E-state index contributed by atoms with van der Waals surface area (Å²) >= 11 is 0. The second-order valence-electron chi connectivity index (χ2n) is 7.03. The predicted octanol–water partition coefficient (Wildman–Crippen LogP) is 1.39. The lowest BCUT2D eigenvalue weighted by Gasteiger charge is -2.19. The van der Waals surface area contributed by atoms with E-state index in [9.17, 15) is 19.9 Å². The summed E-state index contributed by atoms with van der Waals surface area (Å²) in [4.78, 5) is 12.6. The van der Waals surface area contributed by atoms with Gasteiger partial charge in [-0.15, -0.1) is 0 Å². The van der Waals surface area contributed by atoms with Gasteiger partial charge in [0, 0.05) is 23.3 Å². The average molecular weight is 391 g/mol. The van der Waals surface area contributed by atoms with E-state index in [-0.39, 0.29) is 12.2 Å². The van der Waals surface area contributed by atoms with Crippen LogP contribution in [-0.2, 0) is 13.0 Å². The standard InChI is InChI=1S/C22H23BN2O4/c1-16-6-5-7-19(21(16)26)14-20(23(28)29)24-22(27)18-10-8-17(9-11-18)15-25-12-3-2-4-13-25/h2-13,20,28-29H,14-15H2,1H3,(H-,24,26,27)/p+1. The normalized spacial score (nSPS) is 11.7. The number of amides is 1. The molecule has 0 fully saturated rings. The lowest BCUT2D eigenvalue weighted by molar-refractivity contribution is -0.688. The van der Waals surface area contributed by atoms with Gasteiger partial charge in [0.05, 0.1) is 5.94 Å². The maximum absolute atomic E-state index is 12.6. The third-order valence-electron chi connectivity index (χ3n) is 4.80. The summed E-state index contributed by atoms with van der Waals surface area (Å²) in [7, 11) is -1.76. The second-order valence-corrected chi connectivity index (χ2v) is 7.03. The van der Waals surface area contributed by atoms with Crippen LogP contribution in [0, 0.1) is 6.92 Å². The minimum atomic E-state index is -1.76. The van der Waals surface area contributed by atoms with Crippen molar-refractivity contribution in [1.82, 2.24) is 5.32 Å². The molecule has 0 aliphatic carbocycles. The van der Waals surface area contributed by atoms with Gasteiger partial charge in [0.15, 0.2) is 18.9 Å². The molecule has 2 aromatic carbocycles. The van der Waals surface area contributed by atoms with E-state index in [0.29, 0.717) is 23.2 Å². The summed E-state index contributed by atoms with van der Waals surface area (Å²) in [6.45, 7) is 2.45.